The summed E-state index contributed by atoms with van der Waals surface area (Å²) in [5.74, 6) is -0.0000406. The molecule has 7 heteroatoms. The molecule has 1 saturated carbocycles. The van der Waals surface area contributed by atoms with Gasteiger partial charge in [0.2, 0.25) is 5.91 Å². The van der Waals surface area contributed by atoms with Gasteiger partial charge in [-0.05, 0) is 62.6 Å². The van der Waals surface area contributed by atoms with Crippen molar-refractivity contribution >= 4 is 33.6 Å². The molecule has 1 aliphatic rings. The van der Waals surface area contributed by atoms with E-state index in [0.29, 0.717) is 12.2 Å². The number of benzene rings is 1. The maximum atomic E-state index is 13.2. The predicted molar refractivity (Wildman–Crippen MR) is 119 cm³/mol. The first kappa shape index (κ1) is 21.4. The van der Waals surface area contributed by atoms with Crippen molar-refractivity contribution in [1.29, 1.82) is 0 Å². The number of rotatable bonds is 8. The molecule has 1 aliphatic carbocycles. The zero-order chi connectivity index (χ0) is 21.0. The van der Waals surface area contributed by atoms with Crippen molar-refractivity contribution in [1.82, 2.24) is 14.4 Å². The van der Waals surface area contributed by atoms with Crippen molar-refractivity contribution in [2.45, 2.75) is 51.7 Å². The summed E-state index contributed by atoms with van der Waals surface area (Å²) in [4.78, 5) is 29.7. The summed E-state index contributed by atoms with van der Waals surface area (Å²) in [7, 11) is 1.99. The minimum Gasteiger partial charge on any atom is -0.353 e. The Balaban J connectivity index is 1.70. The molecule has 156 valence electrons. The highest BCUT2D eigenvalue weighted by atomic mass is 79.9. The molecule has 0 radical (unpaired) electrons. The number of hydrogen-bond acceptors (Lipinski definition) is 2. The van der Waals surface area contributed by atoms with Crippen LogP contribution in [0.1, 0.15) is 38.8 Å². The smallest absolute Gasteiger partial charge is 0.322 e. The van der Waals surface area contributed by atoms with E-state index < -0.39 is 0 Å². The molecule has 1 atom stereocenters. The first-order valence-corrected chi connectivity index (χ1v) is 10.9. The number of aryl methyl sites for hydroxylation is 1. The molecule has 1 aromatic heterocycles. The number of halogens is 1. The van der Waals surface area contributed by atoms with E-state index in [0.717, 1.165) is 29.4 Å². The quantitative estimate of drug-likeness (QED) is 0.624. The highest BCUT2D eigenvalue weighted by Gasteiger charge is 2.34. The number of amides is 3. The summed E-state index contributed by atoms with van der Waals surface area (Å²) in [6.07, 6.45) is 4.83. The first-order valence-electron chi connectivity index (χ1n) is 10.1. The lowest BCUT2D eigenvalue weighted by molar-refractivity contribution is -0.133. The maximum absolute atomic E-state index is 13.2. The van der Waals surface area contributed by atoms with Crippen molar-refractivity contribution < 1.29 is 9.59 Å². The number of anilines is 1. The van der Waals surface area contributed by atoms with E-state index in [1.54, 1.807) is 4.90 Å². The van der Waals surface area contributed by atoms with E-state index in [9.17, 15) is 9.59 Å². The van der Waals surface area contributed by atoms with Crippen LogP contribution in [0.2, 0.25) is 0 Å². The van der Waals surface area contributed by atoms with Crippen molar-refractivity contribution in [2.75, 3.05) is 11.9 Å². The summed E-state index contributed by atoms with van der Waals surface area (Å²) in [6, 6.07) is 11.5. The molecule has 1 heterocycles. The fourth-order valence-electron chi connectivity index (χ4n) is 3.26. The van der Waals surface area contributed by atoms with Crippen LogP contribution in [-0.2, 0) is 18.4 Å². The number of nitrogens with one attached hydrogen (secondary N) is 1. The Morgan fingerprint density at radius 2 is 1.93 bits per heavy atom. The number of nitrogens with zero attached hydrogens (tertiary/aromatic N) is 3. The molecule has 1 unspecified atom stereocenters. The van der Waals surface area contributed by atoms with Crippen molar-refractivity contribution in [2.24, 2.45) is 7.05 Å². The zero-order valence-corrected chi connectivity index (χ0v) is 18.9. The van der Waals surface area contributed by atoms with Gasteiger partial charge in [0.15, 0.2) is 0 Å². The van der Waals surface area contributed by atoms with Crippen LogP contribution < -0.4 is 5.32 Å². The average Bonchev–Trinajstić information content (AvgIpc) is 3.47. The van der Waals surface area contributed by atoms with Crippen LogP contribution in [0, 0.1) is 0 Å². The Kier molecular flexibility index (Phi) is 7.00. The third-order valence-electron chi connectivity index (χ3n) is 5.48. The van der Waals surface area contributed by atoms with Gasteiger partial charge < -0.3 is 19.7 Å². The van der Waals surface area contributed by atoms with Crippen molar-refractivity contribution in [3.05, 3.63) is 52.8 Å². The molecule has 3 rings (SSSR count). The lowest BCUT2D eigenvalue weighted by atomic mass is 10.2. The van der Waals surface area contributed by atoms with Gasteiger partial charge in [0.25, 0.3) is 0 Å². The first-order chi connectivity index (χ1) is 13.9. The van der Waals surface area contributed by atoms with Gasteiger partial charge in [-0.3, -0.25) is 4.79 Å². The molecule has 0 bridgehead atoms. The Morgan fingerprint density at radius 3 is 2.48 bits per heavy atom. The summed E-state index contributed by atoms with van der Waals surface area (Å²) in [5, 5.41) is 2.92. The van der Waals surface area contributed by atoms with Gasteiger partial charge >= 0.3 is 6.03 Å². The summed E-state index contributed by atoms with van der Waals surface area (Å²) in [6.45, 7) is 4.67. The predicted octanol–water partition coefficient (Wildman–Crippen LogP) is 4.61. The number of aromatic nitrogens is 1. The van der Waals surface area contributed by atoms with E-state index >= 15 is 0 Å². The molecule has 6 nitrogen and oxygen atoms in total. The second kappa shape index (κ2) is 9.48. The van der Waals surface area contributed by atoms with Crippen LogP contribution in [-0.4, -0.2) is 44.9 Å². The normalized spacial score (nSPS) is 14.3. The van der Waals surface area contributed by atoms with Crippen LogP contribution >= 0.6 is 15.9 Å². The molecule has 1 fully saturated rings. The molecule has 2 aromatic rings. The van der Waals surface area contributed by atoms with E-state index in [1.165, 1.54) is 0 Å². The second-order valence-electron chi connectivity index (χ2n) is 7.69. The summed E-state index contributed by atoms with van der Waals surface area (Å²) in [5.41, 5.74) is 1.81. The summed E-state index contributed by atoms with van der Waals surface area (Å²) >= 11 is 3.40. The molecular weight excluding hydrogens is 432 g/mol. The third kappa shape index (κ3) is 5.63. The van der Waals surface area contributed by atoms with Crippen molar-refractivity contribution in [3.8, 4) is 0 Å². The fraction of sp³-hybridized carbons (Fsp3) is 0.455. The van der Waals surface area contributed by atoms with E-state index in [1.807, 2.05) is 73.0 Å². The molecule has 1 aromatic carbocycles. The van der Waals surface area contributed by atoms with E-state index in [2.05, 4.69) is 21.2 Å². The number of carbonyl (C=O) groups excluding carboxylic acids is 2. The monoisotopic (exact) mass is 460 g/mol. The van der Waals surface area contributed by atoms with E-state index in [-0.39, 0.29) is 30.6 Å². The van der Waals surface area contributed by atoms with Gasteiger partial charge in [0, 0.05) is 41.2 Å². The molecule has 29 heavy (non-hydrogen) atoms. The fourth-order valence-corrected chi connectivity index (χ4v) is 3.52. The van der Waals surface area contributed by atoms with Crippen LogP contribution in [0.15, 0.2) is 47.1 Å². The van der Waals surface area contributed by atoms with Crippen LogP contribution in [0.3, 0.4) is 0 Å². The lowest BCUT2D eigenvalue weighted by Gasteiger charge is -2.31. The Hall–Kier alpha value is -2.28. The maximum Gasteiger partial charge on any atom is 0.322 e. The van der Waals surface area contributed by atoms with Crippen LogP contribution in [0.25, 0.3) is 0 Å². The zero-order valence-electron chi connectivity index (χ0n) is 17.3. The third-order valence-corrected chi connectivity index (χ3v) is 6.01. The Labute approximate surface area is 181 Å². The topological polar surface area (TPSA) is 57.6 Å². The molecule has 3 amide bonds. The van der Waals surface area contributed by atoms with Gasteiger partial charge in [0.05, 0.1) is 6.54 Å². The van der Waals surface area contributed by atoms with Gasteiger partial charge in [0.1, 0.15) is 6.54 Å². The molecule has 1 N–H and O–H groups in total. The molecule has 0 spiro atoms. The minimum atomic E-state index is -0.246. The van der Waals surface area contributed by atoms with E-state index in [4.69, 9.17) is 0 Å². The molecule has 0 aliphatic heterocycles. The summed E-state index contributed by atoms with van der Waals surface area (Å²) < 4.78 is 2.99. The minimum absolute atomic E-state index is 0.0000406. The molecular formula is C22H29BrN4O2. The van der Waals surface area contributed by atoms with Gasteiger partial charge in [-0.1, -0.05) is 22.9 Å². The second-order valence-corrected chi connectivity index (χ2v) is 8.60. The van der Waals surface area contributed by atoms with Crippen LogP contribution in [0.5, 0.6) is 0 Å². The lowest BCUT2D eigenvalue weighted by Crippen LogP contribution is -2.48. The Morgan fingerprint density at radius 1 is 1.24 bits per heavy atom. The molecule has 0 saturated heterocycles. The average molecular weight is 461 g/mol. The van der Waals surface area contributed by atoms with Crippen LogP contribution in [0.4, 0.5) is 10.5 Å². The standard InChI is InChI=1S/C22H29BrN4O2/c1-4-16(2)26(22(29)24-18-9-7-17(23)8-10-18)15-21(28)27(19-11-12-19)14-20-6-5-13-25(20)3/h5-10,13,16,19H,4,11-12,14-15H2,1-3H3,(H,24,29). The number of carbonyl (C=O) groups is 2. The largest absolute Gasteiger partial charge is 0.353 e. The van der Waals surface area contributed by atoms with Gasteiger partial charge in [-0.15, -0.1) is 0 Å². The van der Waals surface area contributed by atoms with Gasteiger partial charge in [-0.2, -0.15) is 0 Å². The SMILES string of the molecule is CCC(C)N(CC(=O)N(Cc1cccn1C)C1CC1)C(=O)Nc1ccc(Br)cc1. The van der Waals surface area contributed by atoms with Gasteiger partial charge in [-0.25, -0.2) is 4.79 Å². The highest BCUT2D eigenvalue weighted by Crippen LogP contribution is 2.29. The number of urea groups is 1. The van der Waals surface area contributed by atoms with Crippen molar-refractivity contribution in [3.63, 3.8) is 0 Å². The highest BCUT2D eigenvalue weighted by molar-refractivity contribution is 9.10. The number of hydrogen-bond donors (Lipinski definition) is 1. The Bertz CT molecular complexity index is 845.